The number of carbonyl (C=O) groups is 1. The second kappa shape index (κ2) is 5.58. The minimum absolute atomic E-state index is 0.192. The Morgan fingerprint density at radius 2 is 1.89 bits per heavy atom. The molecule has 4 N–H and O–H groups in total. The summed E-state index contributed by atoms with van der Waals surface area (Å²) in [6.45, 7) is 1.72. The number of hydrogen-bond donors (Lipinski definition) is 3. The maximum Gasteiger partial charge on any atom is 0.324 e. The van der Waals surface area contributed by atoms with E-state index in [0.29, 0.717) is 12.1 Å². The molecule has 0 radical (unpaired) electrons. The van der Waals surface area contributed by atoms with Gasteiger partial charge in [-0.05, 0) is 24.1 Å². The molecule has 0 unspecified atom stereocenters. The van der Waals surface area contributed by atoms with Crippen LogP contribution in [0.25, 0.3) is 0 Å². The normalized spacial score (nSPS) is 14.7. The fraction of sp³-hybridized carbons (Fsp3) is 0.417. The van der Waals surface area contributed by atoms with Gasteiger partial charge in [-0.2, -0.15) is 0 Å². The third-order valence-corrected chi connectivity index (χ3v) is 3.44. The predicted octanol–water partition coefficient (Wildman–Crippen LogP) is 0.793. The molecule has 106 valence electrons. The summed E-state index contributed by atoms with van der Waals surface area (Å²) in [5, 5.41) is 9.08. The van der Waals surface area contributed by atoms with Crippen LogP contribution in [0, 0.1) is 0 Å². The maximum absolute atomic E-state index is 11.1. The van der Waals surface area contributed by atoms with E-state index in [1.807, 2.05) is 0 Å². The molecule has 0 aromatic heterocycles. The molecule has 0 bridgehead atoms. The summed E-state index contributed by atoms with van der Waals surface area (Å²) in [6, 6.07) is 6.48. The van der Waals surface area contributed by atoms with Gasteiger partial charge in [-0.15, -0.1) is 0 Å². The first-order valence-electron chi connectivity index (χ1n) is 5.75. The lowest BCUT2D eigenvalue weighted by molar-refractivity contribution is -0.143. The van der Waals surface area contributed by atoms with E-state index >= 15 is 0 Å². The van der Waals surface area contributed by atoms with E-state index in [0.717, 1.165) is 11.8 Å². The fourth-order valence-electron chi connectivity index (χ4n) is 1.62. The zero-order chi connectivity index (χ0) is 14.7. The van der Waals surface area contributed by atoms with Gasteiger partial charge >= 0.3 is 5.97 Å². The van der Waals surface area contributed by atoms with Crippen LogP contribution in [0.1, 0.15) is 18.9 Å². The van der Waals surface area contributed by atoms with E-state index in [1.165, 1.54) is 0 Å². The number of hydrogen-bond acceptors (Lipinski definition) is 4. The highest BCUT2D eigenvalue weighted by atomic mass is 32.2. The highest BCUT2D eigenvalue weighted by molar-refractivity contribution is 7.92. The van der Waals surface area contributed by atoms with E-state index < -0.39 is 21.5 Å². The Kier molecular flexibility index (Phi) is 4.54. The summed E-state index contributed by atoms with van der Waals surface area (Å²) in [7, 11) is -3.31. The lowest BCUT2D eigenvalue weighted by Crippen LogP contribution is -2.49. The number of carboxylic acid groups (broad SMARTS) is 1. The van der Waals surface area contributed by atoms with Crippen molar-refractivity contribution in [3.63, 3.8) is 0 Å². The number of aliphatic carboxylic acids is 1. The third-order valence-electron chi connectivity index (χ3n) is 2.83. The van der Waals surface area contributed by atoms with Crippen molar-refractivity contribution in [2.45, 2.75) is 25.3 Å². The molecule has 0 spiro atoms. The van der Waals surface area contributed by atoms with Crippen molar-refractivity contribution in [3.05, 3.63) is 29.8 Å². The summed E-state index contributed by atoms with van der Waals surface area (Å²) in [5.74, 6) is -1.05. The molecule has 0 aliphatic carbocycles. The molecule has 1 rings (SSSR count). The summed E-state index contributed by atoms with van der Waals surface area (Å²) >= 11 is 0. The van der Waals surface area contributed by atoms with Crippen LogP contribution < -0.4 is 10.5 Å². The van der Waals surface area contributed by atoms with Crippen LogP contribution in [0.4, 0.5) is 5.69 Å². The number of rotatable bonds is 6. The van der Waals surface area contributed by atoms with Crippen molar-refractivity contribution >= 4 is 21.7 Å². The van der Waals surface area contributed by atoms with Crippen LogP contribution in [-0.2, 0) is 21.2 Å². The molecule has 0 aliphatic heterocycles. The van der Waals surface area contributed by atoms with E-state index in [-0.39, 0.29) is 6.42 Å². The van der Waals surface area contributed by atoms with Crippen molar-refractivity contribution in [2.75, 3.05) is 11.0 Å². The molecule has 7 heteroatoms. The fourth-order valence-corrected chi connectivity index (χ4v) is 2.19. The SMILES string of the molecule is CC[C@](N)(Cc1ccc(NS(C)(=O)=O)cc1)C(=O)O. The molecule has 0 saturated carbocycles. The molecule has 0 saturated heterocycles. The second-order valence-corrected chi connectivity index (χ2v) is 6.31. The molecule has 1 aromatic carbocycles. The standard InChI is InChI=1S/C12H18N2O4S/c1-3-12(13,11(15)16)8-9-4-6-10(7-5-9)14-19(2,17)18/h4-7,14H,3,8,13H2,1-2H3,(H,15,16)/t12-/m0/s1. The van der Waals surface area contributed by atoms with Crippen molar-refractivity contribution < 1.29 is 18.3 Å². The van der Waals surface area contributed by atoms with Gasteiger partial charge in [0.1, 0.15) is 5.54 Å². The van der Waals surface area contributed by atoms with Crippen LogP contribution >= 0.6 is 0 Å². The Balaban J connectivity index is 2.85. The van der Waals surface area contributed by atoms with E-state index in [2.05, 4.69) is 4.72 Å². The van der Waals surface area contributed by atoms with Gasteiger partial charge in [0, 0.05) is 12.1 Å². The zero-order valence-corrected chi connectivity index (χ0v) is 11.7. The maximum atomic E-state index is 11.1. The Hall–Kier alpha value is -1.60. The summed E-state index contributed by atoms with van der Waals surface area (Å²) in [6.07, 6.45) is 1.57. The number of benzene rings is 1. The monoisotopic (exact) mass is 286 g/mol. The first-order valence-corrected chi connectivity index (χ1v) is 7.64. The van der Waals surface area contributed by atoms with Gasteiger partial charge in [-0.3, -0.25) is 9.52 Å². The van der Waals surface area contributed by atoms with Crippen LogP contribution in [0.15, 0.2) is 24.3 Å². The molecule has 0 fully saturated rings. The largest absolute Gasteiger partial charge is 0.480 e. The highest BCUT2D eigenvalue weighted by Gasteiger charge is 2.31. The number of carboxylic acids is 1. The minimum atomic E-state index is -3.31. The molecule has 0 amide bonds. The Labute approximate surface area is 112 Å². The van der Waals surface area contributed by atoms with Crippen molar-refractivity contribution in [2.24, 2.45) is 5.73 Å². The van der Waals surface area contributed by atoms with Crippen molar-refractivity contribution in [1.29, 1.82) is 0 Å². The molecule has 1 aromatic rings. The zero-order valence-electron chi connectivity index (χ0n) is 10.9. The number of nitrogens with one attached hydrogen (secondary N) is 1. The highest BCUT2D eigenvalue weighted by Crippen LogP contribution is 2.18. The second-order valence-electron chi connectivity index (χ2n) is 4.56. The van der Waals surface area contributed by atoms with Gasteiger partial charge in [0.05, 0.1) is 6.26 Å². The van der Waals surface area contributed by atoms with Gasteiger partial charge in [-0.25, -0.2) is 8.42 Å². The molecule has 0 heterocycles. The third kappa shape index (κ3) is 4.53. The summed E-state index contributed by atoms with van der Waals surface area (Å²) in [4.78, 5) is 11.1. The summed E-state index contributed by atoms with van der Waals surface area (Å²) in [5.41, 5.74) is 5.67. The Bertz CT molecular complexity index is 554. The van der Waals surface area contributed by atoms with Gasteiger partial charge in [0.15, 0.2) is 0 Å². The lowest BCUT2D eigenvalue weighted by atomic mass is 9.89. The van der Waals surface area contributed by atoms with Crippen molar-refractivity contribution in [3.8, 4) is 0 Å². The van der Waals surface area contributed by atoms with Gasteiger partial charge in [0.2, 0.25) is 10.0 Å². The lowest BCUT2D eigenvalue weighted by Gasteiger charge is -2.23. The van der Waals surface area contributed by atoms with Crippen LogP contribution in [0.3, 0.4) is 0 Å². The molecule has 19 heavy (non-hydrogen) atoms. The van der Waals surface area contributed by atoms with Gasteiger partial charge in [0.25, 0.3) is 0 Å². The minimum Gasteiger partial charge on any atom is -0.480 e. The van der Waals surface area contributed by atoms with E-state index in [4.69, 9.17) is 10.8 Å². The van der Waals surface area contributed by atoms with Crippen LogP contribution in [0.5, 0.6) is 0 Å². The number of sulfonamides is 1. The first-order chi connectivity index (χ1) is 8.66. The molecular formula is C12H18N2O4S. The van der Waals surface area contributed by atoms with E-state index in [1.54, 1.807) is 31.2 Å². The molecular weight excluding hydrogens is 268 g/mol. The smallest absolute Gasteiger partial charge is 0.324 e. The average Bonchev–Trinajstić information content (AvgIpc) is 2.29. The molecule has 6 nitrogen and oxygen atoms in total. The first kappa shape index (κ1) is 15.5. The number of nitrogens with two attached hydrogens (primary N) is 1. The quantitative estimate of drug-likeness (QED) is 0.716. The van der Waals surface area contributed by atoms with Crippen LogP contribution in [0.2, 0.25) is 0 Å². The van der Waals surface area contributed by atoms with E-state index in [9.17, 15) is 13.2 Å². The molecule has 1 atom stereocenters. The average molecular weight is 286 g/mol. The Morgan fingerprint density at radius 1 is 1.37 bits per heavy atom. The van der Waals surface area contributed by atoms with Crippen LogP contribution in [-0.4, -0.2) is 31.3 Å². The summed E-state index contributed by atoms with van der Waals surface area (Å²) < 4.78 is 24.4. The topological polar surface area (TPSA) is 109 Å². The van der Waals surface area contributed by atoms with Crippen molar-refractivity contribution in [1.82, 2.24) is 0 Å². The molecule has 0 aliphatic rings. The Morgan fingerprint density at radius 3 is 2.26 bits per heavy atom. The number of anilines is 1. The predicted molar refractivity (Wildman–Crippen MR) is 73.5 cm³/mol. The van der Waals surface area contributed by atoms with Gasteiger partial charge < -0.3 is 10.8 Å². The van der Waals surface area contributed by atoms with Gasteiger partial charge in [-0.1, -0.05) is 19.1 Å².